The maximum absolute atomic E-state index is 11.5. The summed E-state index contributed by atoms with van der Waals surface area (Å²) in [7, 11) is 1.78. The zero-order chi connectivity index (χ0) is 12.7. The number of rotatable bonds is 6. The average Bonchev–Trinajstić information content (AvgIpc) is 2.30. The Morgan fingerprint density at radius 2 is 2.06 bits per heavy atom. The molecule has 0 radical (unpaired) electrons. The van der Waals surface area contributed by atoms with Crippen molar-refractivity contribution in [3.8, 4) is 0 Å². The number of hydrazine groups is 1. The molecule has 1 aromatic rings. The van der Waals surface area contributed by atoms with Gasteiger partial charge in [0.15, 0.2) is 0 Å². The highest BCUT2D eigenvalue weighted by molar-refractivity contribution is 14.1. The Kier molecular flexibility index (Phi) is 6.46. The van der Waals surface area contributed by atoms with E-state index < -0.39 is 0 Å². The highest BCUT2D eigenvalue weighted by Crippen LogP contribution is 2.18. The highest BCUT2D eigenvalue weighted by atomic mass is 127. The molecule has 0 saturated heterocycles. The predicted molar refractivity (Wildman–Crippen MR) is 75.3 cm³/mol. The molecule has 0 fully saturated rings. The van der Waals surface area contributed by atoms with Crippen LogP contribution in [-0.4, -0.2) is 19.6 Å². The SMILES string of the molecule is CCOC(=O)CC(NNC)c1ccc(I)cc1. The number of benzene rings is 1. The van der Waals surface area contributed by atoms with Crippen LogP contribution >= 0.6 is 22.6 Å². The van der Waals surface area contributed by atoms with E-state index in [-0.39, 0.29) is 12.0 Å². The van der Waals surface area contributed by atoms with Crippen LogP contribution in [0.1, 0.15) is 24.9 Å². The number of esters is 1. The summed E-state index contributed by atoms with van der Waals surface area (Å²) < 4.78 is 6.13. The molecule has 0 saturated carbocycles. The van der Waals surface area contributed by atoms with Gasteiger partial charge in [-0.05, 0) is 54.3 Å². The molecule has 1 rings (SSSR count). The largest absolute Gasteiger partial charge is 0.466 e. The van der Waals surface area contributed by atoms with Gasteiger partial charge in [-0.3, -0.25) is 15.6 Å². The lowest BCUT2D eigenvalue weighted by molar-refractivity contribution is -0.143. The maximum atomic E-state index is 11.5. The molecule has 0 aromatic heterocycles. The van der Waals surface area contributed by atoms with E-state index >= 15 is 0 Å². The summed E-state index contributed by atoms with van der Waals surface area (Å²) in [6, 6.07) is 7.99. The van der Waals surface area contributed by atoms with Crippen molar-refractivity contribution in [3.05, 3.63) is 33.4 Å². The lowest BCUT2D eigenvalue weighted by atomic mass is 10.0. The van der Waals surface area contributed by atoms with E-state index in [9.17, 15) is 4.79 Å². The molecule has 0 spiro atoms. The van der Waals surface area contributed by atoms with Gasteiger partial charge in [0, 0.05) is 3.57 Å². The highest BCUT2D eigenvalue weighted by Gasteiger charge is 2.15. The standard InChI is InChI=1S/C12H17IN2O2/c1-3-17-12(16)8-11(15-14-2)9-4-6-10(13)7-5-9/h4-7,11,14-15H,3,8H2,1-2H3. The first-order valence-electron chi connectivity index (χ1n) is 5.50. The maximum Gasteiger partial charge on any atom is 0.307 e. The van der Waals surface area contributed by atoms with Crippen molar-refractivity contribution >= 4 is 28.6 Å². The Bertz CT molecular complexity index is 354. The minimum Gasteiger partial charge on any atom is -0.466 e. The molecule has 0 bridgehead atoms. The zero-order valence-electron chi connectivity index (χ0n) is 10.00. The number of ether oxygens (including phenoxy) is 1. The molecule has 0 aliphatic carbocycles. The van der Waals surface area contributed by atoms with E-state index in [1.807, 2.05) is 31.2 Å². The number of carbonyl (C=O) groups excluding carboxylic acids is 1. The van der Waals surface area contributed by atoms with Crippen LogP contribution in [-0.2, 0) is 9.53 Å². The fourth-order valence-electron chi connectivity index (χ4n) is 1.51. The number of carbonyl (C=O) groups is 1. The molecular weight excluding hydrogens is 331 g/mol. The predicted octanol–water partition coefficient (Wildman–Crippen LogP) is 2.01. The molecule has 1 unspecified atom stereocenters. The third-order valence-corrected chi connectivity index (χ3v) is 2.99. The van der Waals surface area contributed by atoms with Gasteiger partial charge in [0.05, 0.1) is 19.1 Å². The smallest absolute Gasteiger partial charge is 0.307 e. The molecule has 4 nitrogen and oxygen atoms in total. The van der Waals surface area contributed by atoms with E-state index in [0.29, 0.717) is 13.0 Å². The summed E-state index contributed by atoms with van der Waals surface area (Å²) >= 11 is 2.25. The number of nitrogens with one attached hydrogen (secondary N) is 2. The molecule has 1 atom stereocenters. The first-order chi connectivity index (χ1) is 8.17. The first-order valence-corrected chi connectivity index (χ1v) is 6.58. The minimum absolute atomic E-state index is 0.0731. The Labute approximate surface area is 115 Å². The van der Waals surface area contributed by atoms with Crippen molar-refractivity contribution in [2.75, 3.05) is 13.7 Å². The van der Waals surface area contributed by atoms with Crippen LogP contribution in [0.15, 0.2) is 24.3 Å². The Balaban J connectivity index is 2.71. The van der Waals surface area contributed by atoms with E-state index in [2.05, 4.69) is 33.4 Å². The van der Waals surface area contributed by atoms with Gasteiger partial charge in [0.25, 0.3) is 0 Å². The van der Waals surface area contributed by atoms with Gasteiger partial charge in [0.2, 0.25) is 0 Å². The van der Waals surface area contributed by atoms with E-state index in [1.165, 1.54) is 3.57 Å². The molecule has 94 valence electrons. The lowest BCUT2D eigenvalue weighted by Gasteiger charge is -2.17. The molecule has 0 amide bonds. The van der Waals surface area contributed by atoms with Gasteiger partial charge >= 0.3 is 5.97 Å². The summed E-state index contributed by atoms with van der Waals surface area (Å²) in [4.78, 5) is 11.5. The summed E-state index contributed by atoms with van der Waals surface area (Å²) in [5.41, 5.74) is 6.99. The van der Waals surface area contributed by atoms with Crippen molar-refractivity contribution in [1.29, 1.82) is 0 Å². The Hall–Kier alpha value is -0.660. The second-order valence-electron chi connectivity index (χ2n) is 3.51. The second kappa shape index (κ2) is 7.62. The van der Waals surface area contributed by atoms with Gasteiger partial charge in [-0.2, -0.15) is 0 Å². The van der Waals surface area contributed by atoms with E-state index in [1.54, 1.807) is 7.05 Å². The van der Waals surface area contributed by atoms with Gasteiger partial charge in [0.1, 0.15) is 0 Å². The molecule has 0 aliphatic heterocycles. The van der Waals surface area contributed by atoms with Crippen LogP contribution in [0, 0.1) is 3.57 Å². The molecule has 0 aliphatic rings. The summed E-state index contributed by atoms with van der Waals surface area (Å²) in [5.74, 6) is -0.196. The van der Waals surface area contributed by atoms with Crippen LogP contribution < -0.4 is 10.9 Å². The van der Waals surface area contributed by atoms with Gasteiger partial charge < -0.3 is 4.74 Å². The second-order valence-corrected chi connectivity index (χ2v) is 4.75. The minimum atomic E-state index is -0.196. The quantitative estimate of drug-likeness (QED) is 0.469. The topological polar surface area (TPSA) is 50.4 Å². The Morgan fingerprint density at radius 1 is 1.41 bits per heavy atom. The van der Waals surface area contributed by atoms with E-state index in [0.717, 1.165) is 5.56 Å². The molecule has 2 N–H and O–H groups in total. The van der Waals surface area contributed by atoms with Crippen LogP contribution in [0.2, 0.25) is 0 Å². The zero-order valence-corrected chi connectivity index (χ0v) is 12.2. The fourth-order valence-corrected chi connectivity index (χ4v) is 1.87. The van der Waals surface area contributed by atoms with Gasteiger partial charge in [-0.1, -0.05) is 12.1 Å². The Morgan fingerprint density at radius 3 is 2.59 bits per heavy atom. The number of hydrogen-bond donors (Lipinski definition) is 2. The number of halogens is 1. The first kappa shape index (κ1) is 14.4. The lowest BCUT2D eigenvalue weighted by Crippen LogP contribution is -2.33. The van der Waals surface area contributed by atoms with Crippen molar-refractivity contribution < 1.29 is 9.53 Å². The van der Waals surface area contributed by atoms with Crippen LogP contribution in [0.5, 0.6) is 0 Å². The molecular formula is C12H17IN2O2. The van der Waals surface area contributed by atoms with Gasteiger partial charge in [-0.15, -0.1) is 0 Å². The summed E-state index contributed by atoms with van der Waals surface area (Å²) in [5, 5.41) is 0. The van der Waals surface area contributed by atoms with Crippen molar-refractivity contribution in [3.63, 3.8) is 0 Å². The fraction of sp³-hybridized carbons (Fsp3) is 0.417. The van der Waals surface area contributed by atoms with Crippen molar-refractivity contribution in [2.45, 2.75) is 19.4 Å². The molecule has 0 heterocycles. The molecule has 1 aromatic carbocycles. The van der Waals surface area contributed by atoms with Gasteiger partial charge in [-0.25, -0.2) is 0 Å². The average molecular weight is 348 g/mol. The number of hydrogen-bond acceptors (Lipinski definition) is 4. The van der Waals surface area contributed by atoms with Crippen molar-refractivity contribution in [2.24, 2.45) is 0 Å². The van der Waals surface area contributed by atoms with E-state index in [4.69, 9.17) is 4.74 Å². The summed E-state index contributed by atoms with van der Waals surface area (Å²) in [6.45, 7) is 2.22. The molecule has 17 heavy (non-hydrogen) atoms. The normalized spacial score (nSPS) is 12.2. The van der Waals surface area contributed by atoms with Crippen LogP contribution in [0.25, 0.3) is 0 Å². The molecule has 5 heteroatoms. The third kappa shape index (κ3) is 5.01. The summed E-state index contributed by atoms with van der Waals surface area (Å²) in [6.07, 6.45) is 0.315. The van der Waals surface area contributed by atoms with Crippen LogP contribution in [0.4, 0.5) is 0 Å². The monoisotopic (exact) mass is 348 g/mol. The third-order valence-electron chi connectivity index (χ3n) is 2.27. The van der Waals surface area contributed by atoms with Crippen molar-refractivity contribution in [1.82, 2.24) is 10.9 Å². The van der Waals surface area contributed by atoms with Crippen LogP contribution in [0.3, 0.4) is 0 Å².